The van der Waals surface area contributed by atoms with Crippen molar-refractivity contribution in [2.75, 3.05) is 18.8 Å². The van der Waals surface area contributed by atoms with Gasteiger partial charge in [-0.3, -0.25) is 4.79 Å². The Morgan fingerprint density at radius 1 is 1.75 bits per heavy atom. The van der Waals surface area contributed by atoms with Gasteiger partial charge >= 0.3 is 5.97 Å². The number of carbonyl (C=O) groups is 1. The van der Waals surface area contributed by atoms with E-state index in [-0.39, 0.29) is 6.54 Å². The van der Waals surface area contributed by atoms with Crippen molar-refractivity contribution in [2.45, 2.75) is 0 Å². The Kier molecular flexibility index (Phi) is 3.22. The lowest BCUT2D eigenvalue weighted by Crippen LogP contribution is -2.31. The van der Waals surface area contributed by atoms with Crippen LogP contribution in [0.25, 0.3) is 0 Å². The SMILES string of the molecule is O=C(O)CN1CC=CC=C1CS. The van der Waals surface area contributed by atoms with Gasteiger partial charge in [0.2, 0.25) is 0 Å². The van der Waals surface area contributed by atoms with Crippen LogP contribution in [0.4, 0.5) is 0 Å². The number of nitrogens with zero attached hydrogens (tertiary/aromatic N) is 1. The molecule has 4 heteroatoms. The van der Waals surface area contributed by atoms with Crippen molar-refractivity contribution in [1.29, 1.82) is 0 Å². The van der Waals surface area contributed by atoms with Crippen LogP contribution < -0.4 is 0 Å². The molecule has 0 aromatic rings. The maximum Gasteiger partial charge on any atom is 0.323 e. The zero-order chi connectivity index (χ0) is 8.97. The van der Waals surface area contributed by atoms with E-state index in [4.69, 9.17) is 5.11 Å². The first kappa shape index (κ1) is 9.19. The molecule has 3 nitrogen and oxygen atoms in total. The summed E-state index contributed by atoms with van der Waals surface area (Å²) < 4.78 is 0. The van der Waals surface area contributed by atoms with Crippen LogP contribution >= 0.6 is 12.6 Å². The van der Waals surface area contributed by atoms with Gasteiger partial charge in [0.25, 0.3) is 0 Å². The van der Waals surface area contributed by atoms with Crippen LogP contribution in [0.2, 0.25) is 0 Å². The summed E-state index contributed by atoms with van der Waals surface area (Å²) in [4.78, 5) is 12.2. The summed E-state index contributed by atoms with van der Waals surface area (Å²) in [5, 5.41) is 8.56. The van der Waals surface area contributed by atoms with Gasteiger partial charge in [-0.05, 0) is 6.08 Å². The van der Waals surface area contributed by atoms with Crippen molar-refractivity contribution in [3.05, 3.63) is 23.9 Å². The lowest BCUT2D eigenvalue weighted by molar-refractivity contribution is -0.137. The Balaban J connectivity index is 2.59. The third-order valence-electron chi connectivity index (χ3n) is 1.64. The lowest BCUT2D eigenvalue weighted by Gasteiger charge is -2.25. The second kappa shape index (κ2) is 4.21. The van der Waals surface area contributed by atoms with Gasteiger partial charge < -0.3 is 10.0 Å². The molecule has 0 fully saturated rings. The average molecular weight is 185 g/mol. The first-order valence-corrected chi connectivity index (χ1v) is 4.30. The number of aliphatic carboxylic acids is 1. The number of hydrogen-bond acceptors (Lipinski definition) is 3. The normalized spacial score (nSPS) is 16.1. The van der Waals surface area contributed by atoms with E-state index in [0.29, 0.717) is 12.3 Å². The molecule has 0 saturated heterocycles. The van der Waals surface area contributed by atoms with Crippen LogP contribution in [0, 0.1) is 0 Å². The van der Waals surface area contributed by atoms with Crippen LogP contribution in [0.15, 0.2) is 23.9 Å². The number of rotatable bonds is 3. The van der Waals surface area contributed by atoms with Crippen LogP contribution in [0.1, 0.15) is 0 Å². The molecule has 0 spiro atoms. The summed E-state index contributed by atoms with van der Waals surface area (Å²) in [6, 6.07) is 0. The van der Waals surface area contributed by atoms with Crippen molar-refractivity contribution in [2.24, 2.45) is 0 Å². The molecule has 0 bridgehead atoms. The molecule has 0 radical (unpaired) electrons. The highest BCUT2D eigenvalue weighted by Crippen LogP contribution is 2.10. The van der Waals surface area contributed by atoms with E-state index < -0.39 is 5.97 Å². The third kappa shape index (κ3) is 2.30. The molecule has 0 unspecified atom stereocenters. The Morgan fingerprint density at radius 2 is 2.50 bits per heavy atom. The van der Waals surface area contributed by atoms with Crippen molar-refractivity contribution in [1.82, 2.24) is 4.90 Å². The first-order valence-electron chi connectivity index (χ1n) is 3.67. The number of carboxylic acid groups (broad SMARTS) is 1. The number of thiol groups is 1. The fourth-order valence-electron chi connectivity index (χ4n) is 1.07. The molecule has 1 rings (SSSR count). The van der Waals surface area contributed by atoms with Gasteiger partial charge in [0.1, 0.15) is 6.54 Å². The molecule has 1 N–H and O–H groups in total. The molecule has 0 aromatic carbocycles. The van der Waals surface area contributed by atoms with Crippen LogP contribution in [-0.2, 0) is 4.79 Å². The largest absolute Gasteiger partial charge is 0.480 e. The highest BCUT2D eigenvalue weighted by atomic mass is 32.1. The van der Waals surface area contributed by atoms with Crippen LogP contribution in [0.3, 0.4) is 0 Å². The highest BCUT2D eigenvalue weighted by molar-refractivity contribution is 7.80. The van der Waals surface area contributed by atoms with Gasteiger partial charge in [0.15, 0.2) is 0 Å². The average Bonchev–Trinajstić information content (AvgIpc) is 2.04. The Labute approximate surface area is 76.8 Å². The van der Waals surface area contributed by atoms with E-state index in [2.05, 4.69) is 12.6 Å². The van der Waals surface area contributed by atoms with Crippen LogP contribution in [0.5, 0.6) is 0 Å². The monoisotopic (exact) mass is 185 g/mol. The van der Waals surface area contributed by atoms with Crippen LogP contribution in [-0.4, -0.2) is 34.8 Å². The minimum absolute atomic E-state index is 0.0523. The predicted molar refractivity (Wildman–Crippen MR) is 50.3 cm³/mol. The second-order valence-corrected chi connectivity index (χ2v) is 2.83. The number of hydrogen-bond donors (Lipinski definition) is 2. The minimum atomic E-state index is -0.807. The van der Waals surface area contributed by atoms with E-state index >= 15 is 0 Å². The number of carboxylic acids is 1. The molecule has 0 saturated carbocycles. The summed E-state index contributed by atoms with van der Waals surface area (Å²) in [5.41, 5.74) is 0.961. The number of allylic oxidation sites excluding steroid dienone is 2. The highest BCUT2D eigenvalue weighted by Gasteiger charge is 2.11. The third-order valence-corrected chi connectivity index (χ3v) is 1.97. The fraction of sp³-hybridized carbons (Fsp3) is 0.375. The van der Waals surface area contributed by atoms with E-state index in [1.54, 1.807) is 4.90 Å². The second-order valence-electron chi connectivity index (χ2n) is 2.52. The maximum absolute atomic E-state index is 10.4. The standard InChI is InChI=1S/C8H11NO2S/c10-8(11)5-9-4-2-1-3-7(9)6-12/h1-3,12H,4-6H2,(H,10,11). The maximum atomic E-state index is 10.4. The van der Waals surface area contributed by atoms with Gasteiger partial charge in [-0.15, -0.1) is 0 Å². The predicted octanol–water partition coefficient (Wildman–Crippen LogP) is 0.756. The van der Waals surface area contributed by atoms with Crippen molar-refractivity contribution in [3.63, 3.8) is 0 Å². The van der Waals surface area contributed by atoms with E-state index in [9.17, 15) is 4.79 Å². The molecule has 1 heterocycles. The van der Waals surface area contributed by atoms with Gasteiger partial charge in [-0.1, -0.05) is 12.2 Å². The van der Waals surface area contributed by atoms with E-state index in [0.717, 1.165) is 5.70 Å². The Bertz CT molecular complexity index is 235. The van der Waals surface area contributed by atoms with E-state index in [1.165, 1.54) is 0 Å². The molecule has 0 aliphatic carbocycles. The first-order chi connectivity index (χ1) is 5.74. The van der Waals surface area contributed by atoms with Crippen molar-refractivity contribution in [3.8, 4) is 0 Å². The molecule has 0 atom stereocenters. The quantitative estimate of drug-likeness (QED) is 0.638. The summed E-state index contributed by atoms with van der Waals surface area (Å²) in [6.45, 7) is 0.718. The summed E-state index contributed by atoms with van der Waals surface area (Å²) in [7, 11) is 0. The zero-order valence-corrected chi connectivity index (χ0v) is 7.50. The molecule has 1 aliphatic heterocycles. The van der Waals surface area contributed by atoms with Gasteiger partial charge in [0, 0.05) is 18.0 Å². The zero-order valence-electron chi connectivity index (χ0n) is 6.60. The molecule has 1 aliphatic rings. The Hall–Kier alpha value is -0.900. The Morgan fingerprint density at radius 3 is 3.08 bits per heavy atom. The molecular weight excluding hydrogens is 174 g/mol. The topological polar surface area (TPSA) is 40.5 Å². The fourth-order valence-corrected chi connectivity index (χ4v) is 1.38. The van der Waals surface area contributed by atoms with Gasteiger partial charge in [-0.2, -0.15) is 12.6 Å². The molecule has 0 aromatic heterocycles. The molecule has 0 amide bonds. The molecular formula is C8H11NO2S. The van der Waals surface area contributed by atoms with Crippen molar-refractivity contribution < 1.29 is 9.90 Å². The van der Waals surface area contributed by atoms with Gasteiger partial charge in [-0.25, -0.2) is 0 Å². The van der Waals surface area contributed by atoms with Gasteiger partial charge in [0.05, 0.1) is 0 Å². The molecule has 66 valence electrons. The minimum Gasteiger partial charge on any atom is -0.480 e. The van der Waals surface area contributed by atoms with Crippen molar-refractivity contribution >= 4 is 18.6 Å². The smallest absolute Gasteiger partial charge is 0.323 e. The summed E-state index contributed by atoms with van der Waals surface area (Å²) >= 11 is 4.11. The summed E-state index contributed by atoms with van der Waals surface area (Å²) in [5.74, 6) is -0.226. The summed E-state index contributed by atoms with van der Waals surface area (Å²) in [6.07, 6.45) is 5.74. The molecule has 12 heavy (non-hydrogen) atoms. The lowest BCUT2D eigenvalue weighted by atomic mass is 10.2. The van der Waals surface area contributed by atoms with E-state index in [1.807, 2.05) is 18.2 Å².